The van der Waals surface area contributed by atoms with Gasteiger partial charge >= 0.3 is 5.97 Å². The second-order valence-electron chi connectivity index (χ2n) is 6.39. The van der Waals surface area contributed by atoms with Crippen LogP contribution in [0.4, 0.5) is 0 Å². The smallest absolute Gasteiger partial charge is 0.336 e. The third-order valence-corrected chi connectivity index (χ3v) is 4.54. The summed E-state index contributed by atoms with van der Waals surface area (Å²) in [5.41, 5.74) is 4.13. The molecule has 0 aliphatic carbocycles. The maximum absolute atomic E-state index is 11.6. The average molecular weight is 316 g/mol. The highest BCUT2D eigenvalue weighted by Gasteiger charge is 2.27. The molecule has 0 saturated carbocycles. The van der Waals surface area contributed by atoms with E-state index in [4.69, 9.17) is 0 Å². The quantitative estimate of drug-likeness (QED) is 0.702. The molecule has 0 unspecified atom stereocenters. The van der Waals surface area contributed by atoms with E-state index in [1.54, 1.807) is 12.1 Å². The highest BCUT2D eigenvalue weighted by Crippen LogP contribution is 2.38. The molecule has 0 fully saturated rings. The summed E-state index contributed by atoms with van der Waals surface area (Å²) in [5.74, 6) is -0.905. The molecule has 0 aromatic heterocycles. The number of carbonyl (C=O) groups is 1. The highest BCUT2D eigenvalue weighted by atomic mass is 16.4. The first-order chi connectivity index (χ1) is 11.5. The monoisotopic (exact) mass is 316 g/mol. The van der Waals surface area contributed by atoms with Crippen molar-refractivity contribution in [2.45, 2.75) is 19.3 Å². The normalized spacial score (nSPS) is 11.2. The van der Waals surface area contributed by atoms with Gasteiger partial charge in [0.25, 0.3) is 0 Å². The largest absolute Gasteiger partial charge is 0.478 e. The second-order valence-corrected chi connectivity index (χ2v) is 6.39. The number of carboxylic acid groups (broad SMARTS) is 1. The molecule has 3 aromatic rings. The van der Waals surface area contributed by atoms with Gasteiger partial charge in [0.2, 0.25) is 0 Å². The number of rotatable bonds is 4. The third kappa shape index (κ3) is 2.83. The van der Waals surface area contributed by atoms with Crippen LogP contribution in [-0.4, -0.2) is 11.1 Å². The molecular weight excluding hydrogens is 296 g/mol. The van der Waals surface area contributed by atoms with Crippen LogP contribution in [0.3, 0.4) is 0 Å². The topological polar surface area (TPSA) is 37.3 Å². The average Bonchev–Trinajstić information content (AvgIpc) is 2.62. The van der Waals surface area contributed by atoms with E-state index in [9.17, 15) is 9.90 Å². The summed E-state index contributed by atoms with van der Waals surface area (Å²) in [5, 5.41) is 9.54. The Bertz CT molecular complexity index is 864. The predicted molar refractivity (Wildman–Crippen MR) is 97.4 cm³/mol. The van der Waals surface area contributed by atoms with Crippen molar-refractivity contribution in [2.75, 3.05) is 0 Å². The van der Waals surface area contributed by atoms with E-state index >= 15 is 0 Å². The fraction of sp³-hybridized carbons (Fsp3) is 0.136. The van der Waals surface area contributed by atoms with Gasteiger partial charge in [0.05, 0.1) is 5.56 Å². The summed E-state index contributed by atoms with van der Waals surface area (Å²) < 4.78 is 0. The molecule has 0 amide bonds. The van der Waals surface area contributed by atoms with Crippen LogP contribution in [0.1, 0.15) is 35.3 Å². The summed E-state index contributed by atoms with van der Waals surface area (Å²) in [6.45, 7) is 4.34. The Morgan fingerprint density at radius 1 is 0.750 bits per heavy atom. The molecule has 1 N–H and O–H groups in total. The minimum absolute atomic E-state index is 0.233. The molecule has 24 heavy (non-hydrogen) atoms. The highest BCUT2D eigenvalue weighted by molar-refractivity contribution is 5.96. The number of benzene rings is 3. The Morgan fingerprint density at radius 3 is 1.96 bits per heavy atom. The SMILES string of the molecule is CC(C)(c1ccccc1)c1ccccc1-c1ccccc1C(=O)O. The van der Waals surface area contributed by atoms with Gasteiger partial charge in [-0.3, -0.25) is 0 Å². The van der Waals surface area contributed by atoms with Gasteiger partial charge < -0.3 is 5.11 Å². The predicted octanol–water partition coefficient (Wildman–Crippen LogP) is 5.38. The molecular formula is C22H20O2. The molecule has 3 aromatic carbocycles. The van der Waals surface area contributed by atoms with Crippen LogP contribution in [-0.2, 0) is 5.41 Å². The molecule has 0 aliphatic rings. The Labute approximate surface area is 142 Å². The van der Waals surface area contributed by atoms with Crippen LogP contribution in [0.15, 0.2) is 78.9 Å². The number of aromatic carboxylic acids is 1. The molecule has 0 aliphatic heterocycles. The lowest BCUT2D eigenvalue weighted by Crippen LogP contribution is -2.20. The van der Waals surface area contributed by atoms with E-state index in [1.807, 2.05) is 48.5 Å². The summed E-state index contributed by atoms with van der Waals surface area (Å²) >= 11 is 0. The van der Waals surface area contributed by atoms with E-state index < -0.39 is 5.97 Å². The molecule has 0 spiro atoms. The van der Waals surface area contributed by atoms with Crippen LogP contribution in [0, 0.1) is 0 Å². The first-order valence-corrected chi connectivity index (χ1v) is 7.99. The van der Waals surface area contributed by atoms with E-state index in [0.717, 1.165) is 16.7 Å². The van der Waals surface area contributed by atoms with Gasteiger partial charge in [-0.05, 0) is 28.3 Å². The van der Waals surface area contributed by atoms with Crippen molar-refractivity contribution in [2.24, 2.45) is 0 Å². The molecule has 0 radical (unpaired) electrons. The molecule has 120 valence electrons. The molecule has 0 heterocycles. The van der Waals surface area contributed by atoms with Crippen molar-refractivity contribution in [1.82, 2.24) is 0 Å². The van der Waals surface area contributed by atoms with Gasteiger partial charge in [0.1, 0.15) is 0 Å². The zero-order valence-corrected chi connectivity index (χ0v) is 13.9. The van der Waals surface area contributed by atoms with Crippen molar-refractivity contribution in [3.05, 3.63) is 95.6 Å². The summed E-state index contributed by atoms with van der Waals surface area (Å²) in [7, 11) is 0. The number of hydrogen-bond donors (Lipinski definition) is 1. The van der Waals surface area contributed by atoms with Crippen molar-refractivity contribution in [3.63, 3.8) is 0 Å². The fourth-order valence-electron chi connectivity index (χ4n) is 3.18. The standard InChI is InChI=1S/C22H20O2/c1-22(2,16-10-4-3-5-11-16)20-15-9-8-13-18(20)17-12-6-7-14-19(17)21(23)24/h3-15H,1-2H3,(H,23,24). The van der Waals surface area contributed by atoms with Crippen LogP contribution in [0.25, 0.3) is 11.1 Å². The lowest BCUT2D eigenvalue weighted by atomic mass is 9.74. The zero-order valence-electron chi connectivity index (χ0n) is 13.9. The van der Waals surface area contributed by atoms with Crippen LogP contribution >= 0.6 is 0 Å². The molecule has 2 heteroatoms. The summed E-state index contributed by atoms with van der Waals surface area (Å²) in [6, 6.07) is 25.5. The van der Waals surface area contributed by atoms with Gasteiger partial charge in [-0.1, -0.05) is 86.6 Å². The van der Waals surface area contributed by atoms with E-state index in [0.29, 0.717) is 5.56 Å². The van der Waals surface area contributed by atoms with Crippen molar-refractivity contribution in [3.8, 4) is 11.1 Å². The third-order valence-electron chi connectivity index (χ3n) is 4.54. The van der Waals surface area contributed by atoms with Crippen molar-refractivity contribution in [1.29, 1.82) is 0 Å². The Balaban J connectivity index is 2.22. The Kier molecular flexibility index (Phi) is 4.22. The maximum atomic E-state index is 11.6. The van der Waals surface area contributed by atoms with Crippen LogP contribution in [0.5, 0.6) is 0 Å². The lowest BCUT2D eigenvalue weighted by Gasteiger charge is -2.29. The van der Waals surface area contributed by atoms with E-state index in [1.165, 1.54) is 5.56 Å². The Morgan fingerprint density at radius 2 is 1.29 bits per heavy atom. The first-order valence-electron chi connectivity index (χ1n) is 7.99. The zero-order chi connectivity index (χ0) is 17.2. The molecule has 0 bridgehead atoms. The van der Waals surface area contributed by atoms with Gasteiger partial charge in [-0.25, -0.2) is 4.79 Å². The van der Waals surface area contributed by atoms with Crippen LogP contribution < -0.4 is 0 Å². The minimum atomic E-state index is -0.905. The van der Waals surface area contributed by atoms with Gasteiger partial charge in [0, 0.05) is 5.41 Å². The van der Waals surface area contributed by atoms with Crippen LogP contribution in [0.2, 0.25) is 0 Å². The van der Waals surface area contributed by atoms with Gasteiger partial charge in [-0.2, -0.15) is 0 Å². The van der Waals surface area contributed by atoms with E-state index in [-0.39, 0.29) is 5.41 Å². The first kappa shape index (κ1) is 16.0. The summed E-state index contributed by atoms with van der Waals surface area (Å²) in [6.07, 6.45) is 0. The summed E-state index contributed by atoms with van der Waals surface area (Å²) in [4.78, 5) is 11.6. The molecule has 0 saturated heterocycles. The molecule has 3 rings (SSSR count). The Hall–Kier alpha value is -2.87. The minimum Gasteiger partial charge on any atom is -0.478 e. The van der Waals surface area contributed by atoms with Crippen molar-refractivity contribution >= 4 is 5.97 Å². The molecule has 0 atom stereocenters. The molecule has 2 nitrogen and oxygen atoms in total. The number of hydrogen-bond acceptors (Lipinski definition) is 1. The van der Waals surface area contributed by atoms with Gasteiger partial charge in [0.15, 0.2) is 0 Å². The van der Waals surface area contributed by atoms with Crippen molar-refractivity contribution < 1.29 is 9.90 Å². The second kappa shape index (κ2) is 6.32. The maximum Gasteiger partial charge on any atom is 0.336 e. The van der Waals surface area contributed by atoms with Gasteiger partial charge in [-0.15, -0.1) is 0 Å². The fourth-order valence-corrected chi connectivity index (χ4v) is 3.18. The number of carboxylic acids is 1. The lowest BCUT2D eigenvalue weighted by molar-refractivity contribution is 0.0697. The van der Waals surface area contributed by atoms with E-state index in [2.05, 4.69) is 32.0 Å².